The fourth-order valence-electron chi connectivity index (χ4n) is 3.33. The van der Waals surface area contributed by atoms with E-state index in [-0.39, 0.29) is 12.3 Å². The van der Waals surface area contributed by atoms with Crippen LogP contribution < -0.4 is 10.4 Å². The molecule has 7 nitrogen and oxygen atoms in total. The number of halogens is 3. The summed E-state index contributed by atoms with van der Waals surface area (Å²) < 4.78 is 45.3. The van der Waals surface area contributed by atoms with Crippen LogP contribution in [0.2, 0.25) is 0 Å². The summed E-state index contributed by atoms with van der Waals surface area (Å²) in [6.07, 6.45) is -3.78. The van der Waals surface area contributed by atoms with Gasteiger partial charge in [0.1, 0.15) is 5.75 Å². The predicted octanol–water partition coefficient (Wildman–Crippen LogP) is 2.13. The molecule has 1 saturated heterocycles. The van der Waals surface area contributed by atoms with Gasteiger partial charge in [-0.15, -0.1) is 5.10 Å². The predicted molar refractivity (Wildman–Crippen MR) is 94.5 cm³/mol. The van der Waals surface area contributed by atoms with Crippen LogP contribution in [0.1, 0.15) is 35.1 Å². The number of hydrogen-bond acceptors (Lipinski definition) is 5. The van der Waals surface area contributed by atoms with Crippen LogP contribution in [-0.2, 0) is 13.2 Å². The van der Waals surface area contributed by atoms with Gasteiger partial charge >= 0.3 is 11.9 Å². The van der Waals surface area contributed by atoms with E-state index in [9.17, 15) is 22.8 Å². The topological polar surface area (TPSA) is 69.4 Å². The van der Waals surface area contributed by atoms with Crippen LogP contribution in [0, 0.1) is 0 Å². The van der Waals surface area contributed by atoms with E-state index in [0.29, 0.717) is 41.8 Å². The highest BCUT2D eigenvalue weighted by Gasteiger charge is 2.39. The molecule has 0 spiro atoms. The molecule has 0 radical (unpaired) electrons. The molecule has 0 unspecified atom stereocenters. The molecule has 152 valence electrons. The number of likely N-dealkylation sites (tertiary alicyclic amines) is 1. The number of aromatic nitrogens is 3. The number of carbonyl (C=O) groups is 1. The SMILES string of the molecule is COc1ccc(C(=O)CN2CCC(n3nc(C(F)(F)F)n(C)c3=O)CC2)cc1. The van der Waals surface area contributed by atoms with E-state index in [2.05, 4.69) is 5.10 Å². The van der Waals surface area contributed by atoms with E-state index < -0.39 is 23.7 Å². The highest BCUT2D eigenvalue weighted by molar-refractivity contribution is 5.97. The number of rotatable bonds is 5. The van der Waals surface area contributed by atoms with E-state index in [1.54, 1.807) is 31.4 Å². The minimum atomic E-state index is -4.68. The summed E-state index contributed by atoms with van der Waals surface area (Å²) in [6.45, 7) is 1.21. The van der Waals surface area contributed by atoms with Crippen LogP contribution in [0.5, 0.6) is 5.75 Å². The van der Waals surface area contributed by atoms with Crippen molar-refractivity contribution in [1.82, 2.24) is 19.2 Å². The maximum Gasteiger partial charge on any atom is 0.451 e. The van der Waals surface area contributed by atoms with E-state index in [0.717, 1.165) is 11.7 Å². The Hall–Kier alpha value is -2.62. The smallest absolute Gasteiger partial charge is 0.451 e. The molecular weight excluding hydrogens is 377 g/mol. The van der Waals surface area contributed by atoms with Gasteiger partial charge in [-0.25, -0.2) is 9.48 Å². The summed E-state index contributed by atoms with van der Waals surface area (Å²) >= 11 is 0. The minimum absolute atomic E-state index is 0.0459. The fourth-order valence-corrected chi connectivity index (χ4v) is 3.33. The Balaban J connectivity index is 1.62. The molecule has 1 aliphatic heterocycles. The Kier molecular flexibility index (Phi) is 5.59. The summed E-state index contributed by atoms with van der Waals surface area (Å²) in [5, 5.41) is 3.50. The van der Waals surface area contributed by atoms with Crippen molar-refractivity contribution in [1.29, 1.82) is 0 Å². The second-order valence-corrected chi connectivity index (χ2v) is 6.77. The van der Waals surface area contributed by atoms with Crippen molar-refractivity contribution in [3.8, 4) is 5.75 Å². The summed E-state index contributed by atoms with van der Waals surface area (Å²) in [5.41, 5.74) is -0.209. The monoisotopic (exact) mass is 398 g/mol. The molecule has 2 aromatic rings. The first kappa shape index (κ1) is 20.1. The lowest BCUT2D eigenvalue weighted by Crippen LogP contribution is -2.40. The number of alkyl halides is 3. The summed E-state index contributed by atoms with van der Waals surface area (Å²) in [4.78, 5) is 26.4. The van der Waals surface area contributed by atoms with Crippen LogP contribution in [0.3, 0.4) is 0 Å². The van der Waals surface area contributed by atoms with Gasteiger partial charge in [-0.3, -0.25) is 14.3 Å². The normalized spacial score (nSPS) is 16.3. The van der Waals surface area contributed by atoms with Crippen LogP contribution in [0.4, 0.5) is 13.2 Å². The van der Waals surface area contributed by atoms with Crippen molar-refractivity contribution in [2.75, 3.05) is 26.7 Å². The Morgan fingerprint density at radius 1 is 1.21 bits per heavy atom. The Labute approximate surface area is 159 Å². The van der Waals surface area contributed by atoms with Crippen molar-refractivity contribution in [3.63, 3.8) is 0 Å². The molecule has 1 aromatic carbocycles. The van der Waals surface area contributed by atoms with Gasteiger partial charge in [0.25, 0.3) is 0 Å². The lowest BCUT2D eigenvalue weighted by Gasteiger charge is -2.31. The Morgan fingerprint density at radius 2 is 1.82 bits per heavy atom. The largest absolute Gasteiger partial charge is 0.497 e. The number of piperidine rings is 1. The van der Waals surface area contributed by atoms with Crippen molar-refractivity contribution in [2.24, 2.45) is 7.05 Å². The minimum Gasteiger partial charge on any atom is -0.497 e. The third-order valence-electron chi connectivity index (χ3n) is 4.94. The second-order valence-electron chi connectivity index (χ2n) is 6.77. The van der Waals surface area contributed by atoms with E-state index >= 15 is 0 Å². The Morgan fingerprint density at radius 3 is 2.32 bits per heavy atom. The number of Topliss-reactive ketones (excluding diaryl/α,β-unsaturated/α-hetero) is 1. The van der Waals surface area contributed by atoms with E-state index in [1.165, 1.54) is 0 Å². The molecule has 3 rings (SSSR count). The standard InChI is InChI=1S/C18H21F3N4O3/c1-23-16(18(19,20)21)22-25(17(23)27)13-7-9-24(10-8-13)11-15(26)12-3-5-14(28-2)6-4-12/h3-6,13H,7-11H2,1-2H3. The first-order chi connectivity index (χ1) is 13.2. The number of hydrogen-bond donors (Lipinski definition) is 0. The van der Waals surface area contributed by atoms with Gasteiger partial charge in [-0.2, -0.15) is 13.2 Å². The fraction of sp³-hybridized carbons (Fsp3) is 0.500. The summed E-state index contributed by atoms with van der Waals surface area (Å²) in [5.74, 6) is -0.582. The number of nitrogens with zero attached hydrogens (tertiary/aromatic N) is 4. The van der Waals surface area contributed by atoms with Crippen LogP contribution >= 0.6 is 0 Å². The third-order valence-corrected chi connectivity index (χ3v) is 4.94. The number of carbonyl (C=O) groups excluding carboxylic acids is 1. The highest BCUT2D eigenvalue weighted by Crippen LogP contribution is 2.28. The zero-order chi connectivity index (χ0) is 20.5. The number of ether oxygens (including phenoxy) is 1. The quantitative estimate of drug-likeness (QED) is 0.722. The number of benzene rings is 1. The molecule has 0 aliphatic carbocycles. The maximum absolute atomic E-state index is 12.9. The zero-order valence-electron chi connectivity index (χ0n) is 15.6. The number of ketones is 1. The van der Waals surface area contributed by atoms with Crippen LogP contribution in [0.15, 0.2) is 29.1 Å². The molecule has 28 heavy (non-hydrogen) atoms. The van der Waals surface area contributed by atoms with Gasteiger partial charge < -0.3 is 4.74 Å². The maximum atomic E-state index is 12.9. The van der Waals surface area contributed by atoms with E-state index in [1.807, 2.05) is 4.90 Å². The zero-order valence-corrected chi connectivity index (χ0v) is 15.6. The van der Waals surface area contributed by atoms with Crippen LogP contribution in [0.25, 0.3) is 0 Å². The second kappa shape index (κ2) is 7.78. The van der Waals surface area contributed by atoms with Gasteiger partial charge in [-0.05, 0) is 37.1 Å². The third kappa shape index (κ3) is 4.11. The van der Waals surface area contributed by atoms with Crippen molar-refractivity contribution < 1.29 is 22.7 Å². The van der Waals surface area contributed by atoms with Gasteiger partial charge in [0.2, 0.25) is 5.82 Å². The van der Waals surface area contributed by atoms with E-state index in [4.69, 9.17) is 4.74 Å². The van der Waals surface area contributed by atoms with Gasteiger partial charge in [0.15, 0.2) is 5.78 Å². The van der Waals surface area contributed by atoms with Gasteiger partial charge in [-0.1, -0.05) is 0 Å². The molecule has 0 atom stereocenters. The van der Waals surface area contributed by atoms with Crippen molar-refractivity contribution in [2.45, 2.75) is 25.1 Å². The summed E-state index contributed by atoms with van der Waals surface area (Å²) in [6, 6.07) is 6.40. The molecule has 0 N–H and O–H groups in total. The van der Waals surface area contributed by atoms with Gasteiger partial charge in [0.05, 0.1) is 19.7 Å². The molecule has 0 saturated carbocycles. The molecule has 10 heteroatoms. The molecule has 2 heterocycles. The first-order valence-electron chi connectivity index (χ1n) is 8.83. The number of methoxy groups -OCH3 is 1. The molecule has 0 bridgehead atoms. The average Bonchev–Trinajstić information content (AvgIpc) is 2.98. The first-order valence-corrected chi connectivity index (χ1v) is 8.83. The highest BCUT2D eigenvalue weighted by atomic mass is 19.4. The van der Waals surface area contributed by atoms with Crippen LogP contribution in [-0.4, -0.2) is 51.8 Å². The summed E-state index contributed by atoms with van der Waals surface area (Å²) in [7, 11) is 2.61. The van der Waals surface area contributed by atoms with Crippen molar-refractivity contribution >= 4 is 5.78 Å². The molecule has 0 amide bonds. The van der Waals surface area contributed by atoms with Gasteiger partial charge in [0, 0.05) is 25.7 Å². The molecule has 1 aliphatic rings. The average molecular weight is 398 g/mol. The molecular formula is C18H21F3N4O3. The molecule has 1 fully saturated rings. The molecule has 1 aromatic heterocycles. The Bertz CT molecular complexity index is 894. The lowest BCUT2D eigenvalue weighted by atomic mass is 10.0. The lowest BCUT2D eigenvalue weighted by molar-refractivity contribution is -0.147. The van der Waals surface area contributed by atoms with Crippen molar-refractivity contribution in [3.05, 3.63) is 46.1 Å².